The van der Waals surface area contributed by atoms with Crippen molar-refractivity contribution in [2.45, 2.75) is 13.0 Å². The van der Waals surface area contributed by atoms with Gasteiger partial charge in [-0.25, -0.2) is 13.8 Å². The molecule has 0 aliphatic heterocycles. The highest BCUT2D eigenvalue weighted by atomic mass is 35.5. The van der Waals surface area contributed by atoms with Crippen LogP contribution in [0.4, 0.5) is 8.78 Å². The fourth-order valence-corrected chi connectivity index (χ4v) is 1.28. The molecule has 3 nitrogen and oxygen atoms in total. The van der Waals surface area contributed by atoms with Crippen LogP contribution in [0.3, 0.4) is 0 Å². The van der Waals surface area contributed by atoms with Crippen molar-refractivity contribution >= 4 is 17.9 Å². The van der Waals surface area contributed by atoms with Crippen molar-refractivity contribution in [2.75, 3.05) is 0 Å². The van der Waals surface area contributed by atoms with Crippen molar-refractivity contribution in [2.24, 2.45) is 5.73 Å². The van der Waals surface area contributed by atoms with E-state index >= 15 is 0 Å². The summed E-state index contributed by atoms with van der Waals surface area (Å²) in [5, 5.41) is -0.146. The second-order valence-corrected chi connectivity index (χ2v) is 2.89. The highest BCUT2D eigenvalue weighted by Crippen LogP contribution is 2.23. The van der Waals surface area contributed by atoms with Crippen LogP contribution in [0.2, 0.25) is 5.15 Å². The number of hydrogen-bond acceptors (Lipinski definition) is 3. The number of halogens is 3. The molecule has 0 radical (unpaired) electrons. The first-order chi connectivity index (χ1) is 6.60. The van der Waals surface area contributed by atoms with Crippen LogP contribution >= 0.6 is 11.6 Å². The van der Waals surface area contributed by atoms with Gasteiger partial charge in [0.25, 0.3) is 6.43 Å². The van der Waals surface area contributed by atoms with Crippen LogP contribution in [0, 0.1) is 0 Å². The third-order valence-corrected chi connectivity index (χ3v) is 2.00. The van der Waals surface area contributed by atoms with E-state index in [2.05, 4.69) is 4.98 Å². The van der Waals surface area contributed by atoms with Crippen molar-refractivity contribution in [1.29, 1.82) is 0 Å². The zero-order valence-corrected chi connectivity index (χ0v) is 7.76. The van der Waals surface area contributed by atoms with Crippen molar-refractivity contribution in [1.82, 2.24) is 4.98 Å². The Morgan fingerprint density at radius 3 is 2.71 bits per heavy atom. The summed E-state index contributed by atoms with van der Waals surface area (Å²) in [4.78, 5) is 14.0. The summed E-state index contributed by atoms with van der Waals surface area (Å²) in [6.45, 7) is -0.0105. The number of aromatic nitrogens is 1. The Labute approximate surface area is 83.9 Å². The lowest BCUT2D eigenvalue weighted by Gasteiger charge is -2.06. The normalized spacial score (nSPS) is 10.6. The van der Waals surface area contributed by atoms with E-state index in [4.69, 9.17) is 17.3 Å². The molecule has 1 rings (SSSR count). The van der Waals surface area contributed by atoms with Crippen LogP contribution in [0.15, 0.2) is 6.07 Å². The summed E-state index contributed by atoms with van der Waals surface area (Å²) >= 11 is 5.57. The molecular weight excluding hydrogens is 214 g/mol. The van der Waals surface area contributed by atoms with Gasteiger partial charge in [0.05, 0.1) is 0 Å². The Bertz CT molecular complexity index is 357. The fraction of sp³-hybridized carbons (Fsp3) is 0.250. The molecule has 1 heterocycles. The molecule has 0 bridgehead atoms. The molecule has 0 saturated carbocycles. The molecule has 2 N–H and O–H groups in total. The Balaban J connectivity index is 3.31. The second-order valence-electron chi connectivity index (χ2n) is 2.53. The first-order valence-electron chi connectivity index (χ1n) is 3.72. The number of hydrogen-bond donors (Lipinski definition) is 1. The molecule has 1 aromatic rings. The molecule has 0 fully saturated rings. The molecule has 0 aromatic carbocycles. The third-order valence-electron chi connectivity index (χ3n) is 1.68. The lowest BCUT2D eigenvalue weighted by atomic mass is 10.1. The van der Waals surface area contributed by atoms with Gasteiger partial charge in [0.15, 0.2) is 6.29 Å². The van der Waals surface area contributed by atoms with Crippen molar-refractivity contribution in [3.63, 3.8) is 0 Å². The second kappa shape index (κ2) is 4.43. The minimum absolute atomic E-state index is 0.0105. The Kier molecular flexibility index (Phi) is 3.49. The fourth-order valence-electron chi connectivity index (χ4n) is 0.998. The number of pyridine rings is 1. The summed E-state index contributed by atoms with van der Waals surface area (Å²) in [5.41, 5.74) is 5.10. The van der Waals surface area contributed by atoms with Crippen molar-refractivity contribution < 1.29 is 13.6 Å². The zero-order chi connectivity index (χ0) is 10.7. The van der Waals surface area contributed by atoms with Gasteiger partial charge in [-0.15, -0.1) is 0 Å². The maximum Gasteiger partial charge on any atom is 0.280 e. The van der Waals surface area contributed by atoms with Gasteiger partial charge in [-0.3, -0.25) is 4.79 Å². The minimum Gasteiger partial charge on any atom is -0.326 e. The molecule has 0 amide bonds. The maximum absolute atomic E-state index is 12.2. The number of aldehydes is 1. The van der Waals surface area contributed by atoms with E-state index in [1.165, 1.54) is 0 Å². The molecule has 0 unspecified atom stereocenters. The molecule has 0 atom stereocenters. The van der Waals surface area contributed by atoms with Crippen molar-refractivity contribution in [3.8, 4) is 0 Å². The molecule has 14 heavy (non-hydrogen) atoms. The van der Waals surface area contributed by atoms with Crippen LogP contribution in [0.25, 0.3) is 0 Å². The number of carbonyl (C=O) groups excluding carboxylic acids is 1. The largest absolute Gasteiger partial charge is 0.326 e. The molecule has 1 aromatic heterocycles. The van der Waals surface area contributed by atoms with E-state index in [1.54, 1.807) is 0 Å². The SMILES string of the molecule is NCc1c(C=O)cc(C(F)F)nc1Cl. The molecule has 0 saturated heterocycles. The number of nitrogens with two attached hydrogens (primary N) is 1. The average molecular weight is 221 g/mol. The van der Waals surface area contributed by atoms with Gasteiger partial charge >= 0.3 is 0 Å². The molecule has 76 valence electrons. The van der Waals surface area contributed by atoms with Gasteiger partial charge in [-0.05, 0) is 6.07 Å². The highest BCUT2D eigenvalue weighted by molar-refractivity contribution is 6.30. The molecule has 0 aliphatic rings. The van der Waals surface area contributed by atoms with E-state index in [-0.39, 0.29) is 22.8 Å². The summed E-state index contributed by atoms with van der Waals surface area (Å²) < 4.78 is 24.5. The van der Waals surface area contributed by atoms with Gasteiger partial charge in [0, 0.05) is 17.7 Å². The Morgan fingerprint density at radius 1 is 1.64 bits per heavy atom. The lowest BCUT2D eigenvalue weighted by Crippen LogP contribution is -2.05. The number of nitrogens with zero attached hydrogens (tertiary/aromatic N) is 1. The van der Waals surface area contributed by atoms with Crippen LogP contribution in [-0.2, 0) is 6.54 Å². The summed E-state index contributed by atoms with van der Waals surface area (Å²) in [7, 11) is 0. The van der Waals surface area contributed by atoms with Crippen LogP contribution in [0.1, 0.15) is 28.0 Å². The van der Waals surface area contributed by atoms with Crippen molar-refractivity contribution in [3.05, 3.63) is 28.0 Å². The van der Waals surface area contributed by atoms with Crippen LogP contribution in [-0.4, -0.2) is 11.3 Å². The molecule has 6 heteroatoms. The predicted octanol–water partition coefficient (Wildman–Crippen LogP) is 1.94. The maximum atomic E-state index is 12.2. The monoisotopic (exact) mass is 220 g/mol. The highest BCUT2D eigenvalue weighted by Gasteiger charge is 2.15. The zero-order valence-electron chi connectivity index (χ0n) is 7.01. The molecule has 0 spiro atoms. The van der Waals surface area contributed by atoms with E-state index in [9.17, 15) is 13.6 Å². The van der Waals surface area contributed by atoms with Gasteiger partial charge in [0.1, 0.15) is 10.8 Å². The topological polar surface area (TPSA) is 56.0 Å². The predicted molar refractivity (Wildman–Crippen MR) is 47.5 cm³/mol. The summed E-state index contributed by atoms with van der Waals surface area (Å²) in [5.74, 6) is 0. The quantitative estimate of drug-likeness (QED) is 0.626. The Morgan fingerprint density at radius 2 is 2.29 bits per heavy atom. The smallest absolute Gasteiger partial charge is 0.280 e. The van der Waals surface area contributed by atoms with Crippen LogP contribution in [0.5, 0.6) is 0 Å². The minimum atomic E-state index is -2.75. The number of rotatable bonds is 3. The number of alkyl halides is 2. The standard InChI is InChI=1S/C8H7ClF2N2O/c9-7-5(2-12)4(3-14)1-6(13-7)8(10)11/h1,3,8H,2,12H2. The summed E-state index contributed by atoms with van der Waals surface area (Å²) in [6.07, 6.45) is -2.32. The van der Waals surface area contributed by atoms with E-state index in [0.717, 1.165) is 6.07 Å². The first kappa shape index (κ1) is 11.0. The third kappa shape index (κ3) is 2.05. The van der Waals surface area contributed by atoms with Gasteiger partial charge in [-0.1, -0.05) is 11.6 Å². The van der Waals surface area contributed by atoms with E-state index in [1.807, 2.05) is 0 Å². The number of carbonyl (C=O) groups is 1. The summed E-state index contributed by atoms with van der Waals surface area (Å²) in [6, 6.07) is 0.992. The van der Waals surface area contributed by atoms with E-state index < -0.39 is 12.1 Å². The molecule has 0 aliphatic carbocycles. The van der Waals surface area contributed by atoms with E-state index in [0.29, 0.717) is 6.29 Å². The van der Waals surface area contributed by atoms with Gasteiger partial charge < -0.3 is 5.73 Å². The lowest BCUT2D eigenvalue weighted by molar-refractivity contribution is 0.112. The Hall–Kier alpha value is -1.07. The van der Waals surface area contributed by atoms with Gasteiger partial charge in [0.2, 0.25) is 0 Å². The van der Waals surface area contributed by atoms with Gasteiger partial charge in [-0.2, -0.15) is 0 Å². The van der Waals surface area contributed by atoms with Crippen LogP contribution < -0.4 is 5.73 Å². The molecular formula is C8H7ClF2N2O. The average Bonchev–Trinajstić information content (AvgIpc) is 2.16. The first-order valence-corrected chi connectivity index (χ1v) is 4.10.